The third-order valence-corrected chi connectivity index (χ3v) is 6.53. The number of halogens is 2. The maximum absolute atomic E-state index is 3.80. The largest absolute Gasteiger partial charge is 0.0642 e. The molecular weight excluding hydrogens is 364 g/mol. The summed E-state index contributed by atoms with van der Waals surface area (Å²) in [5.41, 5.74) is 5.86. The summed E-state index contributed by atoms with van der Waals surface area (Å²) < 4.78 is 2.36. The van der Waals surface area contributed by atoms with E-state index in [1.807, 2.05) is 0 Å². The highest BCUT2D eigenvalue weighted by Gasteiger charge is 2.42. The molecule has 2 heteroatoms. The summed E-state index contributed by atoms with van der Waals surface area (Å²) in [6, 6.07) is 13.2. The molecule has 0 spiro atoms. The predicted octanol–water partition coefficient (Wildman–Crippen LogP) is 6.30. The lowest BCUT2D eigenvalue weighted by molar-refractivity contribution is 0.488. The molecule has 0 nitrogen and oxygen atoms in total. The van der Waals surface area contributed by atoms with Crippen molar-refractivity contribution in [1.29, 1.82) is 0 Å². The molecule has 0 amide bonds. The van der Waals surface area contributed by atoms with E-state index in [4.69, 9.17) is 0 Å². The highest BCUT2D eigenvalue weighted by molar-refractivity contribution is 9.13. The molecule has 0 N–H and O–H groups in total. The third-order valence-electron chi connectivity index (χ3n) is 4.51. The van der Waals surface area contributed by atoms with Crippen LogP contribution in [0.2, 0.25) is 0 Å². The Bertz CT molecular complexity index is 640. The zero-order valence-electron chi connectivity index (χ0n) is 11.1. The second-order valence-electron chi connectivity index (χ2n) is 5.12. The van der Waals surface area contributed by atoms with Crippen LogP contribution in [0.4, 0.5) is 0 Å². The van der Waals surface area contributed by atoms with E-state index >= 15 is 0 Å². The van der Waals surface area contributed by atoms with Gasteiger partial charge in [0, 0.05) is 14.4 Å². The van der Waals surface area contributed by atoms with Crippen LogP contribution < -0.4 is 0 Å². The summed E-state index contributed by atoms with van der Waals surface area (Å²) in [5.74, 6) is 0. The zero-order chi connectivity index (χ0) is 13.6. The van der Waals surface area contributed by atoms with Crippen LogP contribution in [0.5, 0.6) is 0 Å². The van der Waals surface area contributed by atoms with Gasteiger partial charge in [-0.25, -0.2) is 0 Å². The molecule has 0 saturated heterocycles. The highest BCUT2D eigenvalue weighted by Crippen LogP contribution is 2.55. The second kappa shape index (κ2) is 4.75. The first kappa shape index (κ1) is 13.4. The van der Waals surface area contributed by atoms with Gasteiger partial charge in [0.15, 0.2) is 0 Å². The predicted molar refractivity (Wildman–Crippen MR) is 88.6 cm³/mol. The van der Waals surface area contributed by atoms with Crippen molar-refractivity contribution in [3.63, 3.8) is 0 Å². The maximum atomic E-state index is 3.80. The van der Waals surface area contributed by atoms with Gasteiger partial charge in [-0.05, 0) is 73.0 Å². The van der Waals surface area contributed by atoms with Gasteiger partial charge in [-0.15, -0.1) is 0 Å². The summed E-state index contributed by atoms with van der Waals surface area (Å²) in [5, 5.41) is 0. The van der Waals surface area contributed by atoms with Crippen LogP contribution in [0.25, 0.3) is 11.1 Å². The quantitative estimate of drug-likeness (QED) is 0.574. The minimum absolute atomic E-state index is 0.147. The molecule has 0 radical (unpaired) electrons. The van der Waals surface area contributed by atoms with Crippen LogP contribution in [-0.2, 0) is 5.41 Å². The van der Waals surface area contributed by atoms with Crippen molar-refractivity contribution < 1.29 is 0 Å². The average Bonchev–Trinajstić information content (AvgIpc) is 2.74. The first-order chi connectivity index (χ1) is 9.15. The molecule has 2 aromatic rings. The summed E-state index contributed by atoms with van der Waals surface area (Å²) in [6.07, 6.45) is 2.26. The van der Waals surface area contributed by atoms with Crippen molar-refractivity contribution in [2.45, 2.75) is 32.1 Å². The number of rotatable bonds is 2. The Labute approximate surface area is 131 Å². The van der Waals surface area contributed by atoms with Crippen LogP contribution in [0, 0.1) is 0 Å². The molecule has 0 unspecified atom stereocenters. The average molecular weight is 380 g/mol. The van der Waals surface area contributed by atoms with Gasteiger partial charge in [-0.1, -0.05) is 44.2 Å². The Balaban J connectivity index is 2.44. The number of benzene rings is 2. The Morgan fingerprint density at radius 3 is 2.26 bits per heavy atom. The topological polar surface area (TPSA) is 0 Å². The molecule has 0 atom stereocenters. The van der Waals surface area contributed by atoms with Crippen molar-refractivity contribution in [3.05, 3.63) is 56.5 Å². The number of hydrogen-bond acceptors (Lipinski definition) is 0. The Morgan fingerprint density at radius 1 is 0.895 bits per heavy atom. The van der Waals surface area contributed by atoms with Gasteiger partial charge in [-0.2, -0.15) is 0 Å². The Hall–Kier alpha value is -0.600. The van der Waals surface area contributed by atoms with Gasteiger partial charge in [0.1, 0.15) is 0 Å². The number of hydrogen-bond donors (Lipinski definition) is 0. The summed E-state index contributed by atoms with van der Waals surface area (Å²) in [4.78, 5) is 0. The van der Waals surface area contributed by atoms with Crippen LogP contribution in [0.1, 0.15) is 37.8 Å². The summed E-state index contributed by atoms with van der Waals surface area (Å²) in [7, 11) is 0. The second-order valence-corrected chi connectivity index (χ2v) is 6.77. The fourth-order valence-electron chi connectivity index (χ4n) is 3.50. The highest BCUT2D eigenvalue weighted by atomic mass is 79.9. The fourth-order valence-corrected chi connectivity index (χ4v) is 4.55. The molecule has 0 aromatic heterocycles. The van der Waals surface area contributed by atoms with E-state index in [0.29, 0.717) is 0 Å². The summed E-state index contributed by atoms with van der Waals surface area (Å²) in [6.45, 7) is 4.59. The van der Waals surface area contributed by atoms with Crippen LogP contribution >= 0.6 is 31.9 Å². The van der Waals surface area contributed by atoms with E-state index in [1.165, 1.54) is 26.7 Å². The smallest absolute Gasteiger partial charge is 0.0364 e. The molecule has 0 bridgehead atoms. The van der Waals surface area contributed by atoms with E-state index in [0.717, 1.165) is 17.3 Å². The van der Waals surface area contributed by atoms with Crippen molar-refractivity contribution in [2.75, 3.05) is 0 Å². The lowest BCUT2D eigenvalue weighted by Crippen LogP contribution is -2.23. The van der Waals surface area contributed by atoms with Gasteiger partial charge in [0.25, 0.3) is 0 Å². The molecule has 98 valence electrons. The first-order valence-electron chi connectivity index (χ1n) is 6.74. The molecule has 19 heavy (non-hydrogen) atoms. The van der Waals surface area contributed by atoms with Crippen molar-refractivity contribution in [3.8, 4) is 11.1 Å². The Kier molecular flexibility index (Phi) is 3.34. The fraction of sp³-hybridized carbons (Fsp3) is 0.294. The summed E-state index contributed by atoms with van der Waals surface area (Å²) >= 11 is 7.46. The van der Waals surface area contributed by atoms with Gasteiger partial charge in [-0.3, -0.25) is 0 Å². The van der Waals surface area contributed by atoms with Crippen molar-refractivity contribution in [1.82, 2.24) is 0 Å². The van der Waals surface area contributed by atoms with Gasteiger partial charge < -0.3 is 0 Å². The minimum atomic E-state index is 0.147. The van der Waals surface area contributed by atoms with E-state index in [-0.39, 0.29) is 5.41 Å². The van der Waals surface area contributed by atoms with E-state index in [2.05, 4.69) is 82.1 Å². The first-order valence-corrected chi connectivity index (χ1v) is 8.32. The SMILES string of the molecule is CCC1(CC)c2ccccc2-c2ccc(Br)c(Br)c21. The lowest BCUT2D eigenvalue weighted by atomic mass is 9.74. The molecule has 2 aromatic carbocycles. The molecule has 1 aliphatic carbocycles. The molecule has 0 saturated carbocycles. The van der Waals surface area contributed by atoms with E-state index in [1.54, 1.807) is 0 Å². The molecule has 0 heterocycles. The standard InChI is InChI=1S/C17H16Br2/c1-3-17(4-2)13-8-6-5-7-11(13)12-9-10-14(18)16(19)15(12)17/h5-10H,3-4H2,1-2H3. The normalized spacial score (nSPS) is 15.2. The molecule has 3 rings (SSSR count). The molecule has 0 aliphatic heterocycles. The Morgan fingerprint density at radius 2 is 1.58 bits per heavy atom. The third kappa shape index (κ3) is 1.69. The molecular formula is C17H16Br2. The number of fused-ring (bicyclic) bond motifs is 3. The minimum Gasteiger partial charge on any atom is -0.0642 e. The van der Waals surface area contributed by atoms with Gasteiger partial charge in [0.2, 0.25) is 0 Å². The zero-order valence-corrected chi connectivity index (χ0v) is 14.3. The van der Waals surface area contributed by atoms with Gasteiger partial charge >= 0.3 is 0 Å². The van der Waals surface area contributed by atoms with E-state index < -0.39 is 0 Å². The monoisotopic (exact) mass is 378 g/mol. The van der Waals surface area contributed by atoms with Crippen LogP contribution in [0.3, 0.4) is 0 Å². The van der Waals surface area contributed by atoms with Crippen molar-refractivity contribution in [2.24, 2.45) is 0 Å². The van der Waals surface area contributed by atoms with Crippen molar-refractivity contribution >= 4 is 31.9 Å². The van der Waals surface area contributed by atoms with E-state index in [9.17, 15) is 0 Å². The maximum Gasteiger partial charge on any atom is 0.0364 e. The molecule has 0 fully saturated rings. The van der Waals surface area contributed by atoms with Crippen LogP contribution in [0.15, 0.2) is 45.3 Å². The molecule has 1 aliphatic rings. The lowest BCUT2D eigenvalue weighted by Gasteiger charge is -2.30. The van der Waals surface area contributed by atoms with Crippen LogP contribution in [-0.4, -0.2) is 0 Å². The van der Waals surface area contributed by atoms with Gasteiger partial charge in [0.05, 0.1) is 0 Å².